The lowest BCUT2D eigenvalue weighted by Gasteiger charge is -2.07. The third-order valence-electron chi connectivity index (χ3n) is 3.14. The molecule has 0 radical (unpaired) electrons. The van der Waals surface area contributed by atoms with Crippen LogP contribution in [0.25, 0.3) is 11.0 Å². The quantitative estimate of drug-likeness (QED) is 0.732. The fraction of sp³-hybridized carbons (Fsp3) is 0.250. The maximum Gasteiger partial charge on any atom is 0.215 e. The molecule has 0 bridgehead atoms. The van der Waals surface area contributed by atoms with Crippen LogP contribution in [-0.2, 0) is 6.42 Å². The highest BCUT2D eigenvalue weighted by molar-refractivity contribution is 6.06. The van der Waals surface area contributed by atoms with Gasteiger partial charge in [0.25, 0.3) is 0 Å². The molecule has 0 aliphatic rings. The number of aromatic amines is 1. The predicted molar refractivity (Wildman–Crippen MR) is 81.9 cm³/mol. The van der Waals surface area contributed by atoms with E-state index >= 15 is 0 Å². The number of hydrogen-bond donors (Lipinski definition) is 1. The standard InChI is InChI=1S/C16H16N4O2/c1-10(2)22-14-4-3-12-15(19-20-16(12)18-14)13(21)9-11-5-7-17-8-6-11/h3-8,10H,9H2,1-2H3,(H,18,19,20). The molecule has 112 valence electrons. The van der Waals surface area contributed by atoms with Crippen molar-refractivity contribution in [2.75, 3.05) is 0 Å². The fourth-order valence-electron chi connectivity index (χ4n) is 2.17. The molecule has 3 heterocycles. The highest BCUT2D eigenvalue weighted by atomic mass is 16.5. The van der Waals surface area contributed by atoms with E-state index < -0.39 is 0 Å². The summed E-state index contributed by atoms with van der Waals surface area (Å²) in [5.41, 5.74) is 1.86. The van der Waals surface area contributed by atoms with E-state index in [0.29, 0.717) is 29.0 Å². The Kier molecular flexibility index (Phi) is 3.82. The van der Waals surface area contributed by atoms with Crippen molar-refractivity contribution >= 4 is 16.8 Å². The molecule has 1 N–H and O–H groups in total. The van der Waals surface area contributed by atoms with Crippen LogP contribution in [0.15, 0.2) is 36.7 Å². The Morgan fingerprint density at radius 2 is 2.00 bits per heavy atom. The summed E-state index contributed by atoms with van der Waals surface area (Å²) in [4.78, 5) is 20.6. The highest BCUT2D eigenvalue weighted by Crippen LogP contribution is 2.20. The Hall–Kier alpha value is -2.76. The molecule has 0 saturated heterocycles. The zero-order chi connectivity index (χ0) is 15.5. The molecule has 3 aromatic rings. The molecule has 0 aliphatic heterocycles. The number of fused-ring (bicyclic) bond motifs is 1. The maximum atomic E-state index is 12.4. The van der Waals surface area contributed by atoms with E-state index in [4.69, 9.17) is 4.74 Å². The molecule has 0 saturated carbocycles. The van der Waals surface area contributed by atoms with Gasteiger partial charge in [-0.05, 0) is 37.6 Å². The lowest BCUT2D eigenvalue weighted by atomic mass is 10.1. The van der Waals surface area contributed by atoms with Crippen molar-refractivity contribution in [2.45, 2.75) is 26.4 Å². The SMILES string of the molecule is CC(C)Oc1ccc2c(C(=O)Cc3ccncc3)[nH]nc2n1. The molecule has 0 amide bonds. The molecule has 6 nitrogen and oxygen atoms in total. The average molecular weight is 296 g/mol. The number of nitrogens with zero attached hydrogens (tertiary/aromatic N) is 3. The first-order valence-corrected chi connectivity index (χ1v) is 7.07. The molecule has 0 spiro atoms. The Bertz CT molecular complexity index is 796. The van der Waals surface area contributed by atoms with Gasteiger partial charge in [-0.15, -0.1) is 0 Å². The van der Waals surface area contributed by atoms with Gasteiger partial charge in [0.2, 0.25) is 5.88 Å². The number of carbonyl (C=O) groups excluding carboxylic acids is 1. The number of pyridine rings is 2. The molecule has 22 heavy (non-hydrogen) atoms. The fourth-order valence-corrected chi connectivity index (χ4v) is 2.17. The molecule has 0 unspecified atom stereocenters. The van der Waals surface area contributed by atoms with Gasteiger partial charge in [0.15, 0.2) is 11.4 Å². The van der Waals surface area contributed by atoms with Gasteiger partial charge in [0, 0.05) is 24.9 Å². The Labute approximate surface area is 127 Å². The number of Topliss-reactive ketones (excluding diaryl/α,β-unsaturated/α-hetero) is 1. The molecule has 6 heteroatoms. The third kappa shape index (κ3) is 2.95. The van der Waals surface area contributed by atoms with Crippen LogP contribution in [0.1, 0.15) is 29.9 Å². The zero-order valence-corrected chi connectivity index (χ0v) is 12.4. The van der Waals surface area contributed by atoms with E-state index in [1.807, 2.05) is 32.0 Å². The largest absolute Gasteiger partial charge is 0.475 e. The number of ketones is 1. The monoisotopic (exact) mass is 296 g/mol. The number of hydrogen-bond acceptors (Lipinski definition) is 5. The van der Waals surface area contributed by atoms with Crippen LogP contribution < -0.4 is 4.74 Å². The van der Waals surface area contributed by atoms with Gasteiger partial charge in [-0.2, -0.15) is 10.1 Å². The van der Waals surface area contributed by atoms with Crippen LogP contribution in [0.4, 0.5) is 0 Å². The lowest BCUT2D eigenvalue weighted by molar-refractivity contribution is 0.0989. The van der Waals surface area contributed by atoms with Crippen LogP contribution in [-0.4, -0.2) is 32.1 Å². The minimum atomic E-state index is -0.0342. The molecular weight excluding hydrogens is 280 g/mol. The average Bonchev–Trinajstić information content (AvgIpc) is 2.91. The van der Waals surface area contributed by atoms with Crippen molar-refractivity contribution in [3.63, 3.8) is 0 Å². The van der Waals surface area contributed by atoms with Crippen molar-refractivity contribution in [1.29, 1.82) is 0 Å². The first-order chi connectivity index (χ1) is 10.6. The van der Waals surface area contributed by atoms with Crippen LogP contribution in [0, 0.1) is 0 Å². The molecule has 0 aliphatic carbocycles. The third-order valence-corrected chi connectivity index (χ3v) is 3.14. The number of aromatic nitrogens is 4. The van der Waals surface area contributed by atoms with Gasteiger partial charge in [0.1, 0.15) is 5.69 Å². The summed E-state index contributed by atoms with van der Waals surface area (Å²) in [7, 11) is 0. The van der Waals surface area contributed by atoms with E-state index in [9.17, 15) is 4.79 Å². The lowest BCUT2D eigenvalue weighted by Crippen LogP contribution is -2.07. The van der Waals surface area contributed by atoms with Crippen molar-refractivity contribution in [3.05, 3.63) is 47.9 Å². The molecule has 3 rings (SSSR count). The molecule has 0 atom stereocenters. The highest BCUT2D eigenvalue weighted by Gasteiger charge is 2.15. The topological polar surface area (TPSA) is 80.8 Å². The smallest absolute Gasteiger partial charge is 0.215 e. The van der Waals surface area contributed by atoms with E-state index in [1.165, 1.54) is 0 Å². The summed E-state index contributed by atoms with van der Waals surface area (Å²) in [5, 5.41) is 7.58. The second-order valence-electron chi connectivity index (χ2n) is 5.24. The normalized spacial score (nSPS) is 11.0. The summed E-state index contributed by atoms with van der Waals surface area (Å²) in [6.07, 6.45) is 3.68. The van der Waals surface area contributed by atoms with Gasteiger partial charge >= 0.3 is 0 Å². The molecule has 0 fully saturated rings. The first kappa shape index (κ1) is 14.2. The number of ether oxygens (including phenoxy) is 1. The van der Waals surface area contributed by atoms with E-state index in [1.54, 1.807) is 18.5 Å². The van der Waals surface area contributed by atoms with Gasteiger partial charge < -0.3 is 4.74 Å². The summed E-state index contributed by atoms with van der Waals surface area (Å²) >= 11 is 0. The minimum absolute atomic E-state index is 0.0342. The summed E-state index contributed by atoms with van der Waals surface area (Å²) < 4.78 is 5.53. The van der Waals surface area contributed by atoms with E-state index in [2.05, 4.69) is 20.2 Å². The number of rotatable bonds is 5. The van der Waals surface area contributed by atoms with Gasteiger partial charge in [0.05, 0.1) is 11.5 Å². The Balaban J connectivity index is 1.86. The van der Waals surface area contributed by atoms with Crippen LogP contribution in [0.2, 0.25) is 0 Å². The second-order valence-corrected chi connectivity index (χ2v) is 5.24. The van der Waals surface area contributed by atoms with Crippen LogP contribution in [0.3, 0.4) is 0 Å². The number of nitrogens with one attached hydrogen (secondary N) is 1. The summed E-state index contributed by atoms with van der Waals surface area (Å²) in [6.45, 7) is 3.86. The molecule has 0 aromatic carbocycles. The van der Waals surface area contributed by atoms with Gasteiger partial charge in [-0.25, -0.2) is 0 Å². The molecule has 3 aromatic heterocycles. The van der Waals surface area contributed by atoms with Crippen LogP contribution in [0.5, 0.6) is 5.88 Å². The van der Waals surface area contributed by atoms with Crippen molar-refractivity contribution in [3.8, 4) is 5.88 Å². The van der Waals surface area contributed by atoms with Crippen molar-refractivity contribution in [2.24, 2.45) is 0 Å². The number of carbonyl (C=O) groups is 1. The first-order valence-electron chi connectivity index (χ1n) is 7.07. The maximum absolute atomic E-state index is 12.4. The van der Waals surface area contributed by atoms with Crippen LogP contribution >= 0.6 is 0 Å². The summed E-state index contributed by atoms with van der Waals surface area (Å²) in [6, 6.07) is 7.21. The second kappa shape index (κ2) is 5.93. The molecular formula is C16H16N4O2. The number of H-pyrrole nitrogens is 1. The minimum Gasteiger partial charge on any atom is -0.475 e. The summed E-state index contributed by atoms with van der Waals surface area (Å²) in [5.74, 6) is 0.468. The van der Waals surface area contributed by atoms with E-state index in [0.717, 1.165) is 5.56 Å². The van der Waals surface area contributed by atoms with Gasteiger partial charge in [-0.3, -0.25) is 14.9 Å². The van der Waals surface area contributed by atoms with Crippen molar-refractivity contribution < 1.29 is 9.53 Å². The predicted octanol–water partition coefficient (Wildman–Crippen LogP) is 2.57. The Morgan fingerprint density at radius 1 is 1.23 bits per heavy atom. The van der Waals surface area contributed by atoms with E-state index in [-0.39, 0.29) is 11.9 Å². The van der Waals surface area contributed by atoms with Crippen molar-refractivity contribution in [1.82, 2.24) is 20.2 Å². The Morgan fingerprint density at radius 3 is 2.73 bits per heavy atom. The zero-order valence-electron chi connectivity index (χ0n) is 12.4. The van der Waals surface area contributed by atoms with Gasteiger partial charge in [-0.1, -0.05) is 0 Å².